The molecule has 2 rings (SSSR count). The van der Waals surface area contributed by atoms with Gasteiger partial charge in [0.2, 0.25) is 0 Å². The molecular weight excluding hydrogens is 252 g/mol. The summed E-state index contributed by atoms with van der Waals surface area (Å²) in [5.41, 5.74) is 1.54. The van der Waals surface area contributed by atoms with E-state index in [-0.39, 0.29) is 18.1 Å². The summed E-state index contributed by atoms with van der Waals surface area (Å²) in [5.74, 6) is 0. The molecule has 4 heteroatoms. The number of hydrogen-bond donors (Lipinski definition) is 2. The fraction of sp³-hybridized carbons (Fsp3) is 0.562. The summed E-state index contributed by atoms with van der Waals surface area (Å²) < 4.78 is 0. The summed E-state index contributed by atoms with van der Waals surface area (Å²) in [6.07, 6.45) is 2.78. The average Bonchev–Trinajstić information content (AvgIpc) is 2.38. The third kappa shape index (κ3) is 3.31. The number of aliphatic hydroxyl groups is 1. The molecule has 110 valence electrons. The molecule has 1 unspecified atom stereocenters. The number of amides is 2. The van der Waals surface area contributed by atoms with Gasteiger partial charge in [0.25, 0.3) is 0 Å². The van der Waals surface area contributed by atoms with Crippen LogP contribution in [0.2, 0.25) is 0 Å². The highest BCUT2D eigenvalue weighted by molar-refractivity contribution is 5.89. The number of aliphatic hydroxyl groups excluding tert-OH is 1. The molecule has 1 aromatic rings. The summed E-state index contributed by atoms with van der Waals surface area (Å²) in [7, 11) is 0. The molecule has 0 spiro atoms. The summed E-state index contributed by atoms with van der Waals surface area (Å²) in [6.45, 7) is 5.92. The summed E-state index contributed by atoms with van der Waals surface area (Å²) in [4.78, 5) is 14.4. The lowest BCUT2D eigenvalue weighted by molar-refractivity contribution is 0.133. The van der Waals surface area contributed by atoms with Crippen LogP contribution in [0.15, 0.2) is 24.3 Å². The third-order valence-corrected chi connectivity index (χ3v) is 4.05. The van der Waals surface area contributed by atoms with E-state index in [0.29, 0.717) is 0 Å². The number of nitrogens with zero attached hydrogens (tertiary/aromatic N) is 1. The van der Waals surface area contributed by atoms with Crippen molar-refractivity contribution in [3.05, 3.63) is 29.8 Å². The van der Waals surface area contributed by atoms with E-state index in [4.69, 9.17) is 0 Å². The lowest BCUT2D eigenvalue weighted by atomic mass is 9.98. The summed E-state index contributed by atoms with van der Waals surface area (Å²) >= 11 is 0. The zero-order valence-corrected chi connectivity index (χ0v) is 12.5. The van der Waals surface area contributed by atoms with Gasteiger partial charge in [-0.05, 0) is 57.7 Å². The first-order valence-corrected chi connectivity index (χ1v) is 7.36. The van der Waals surface area contributed by atoms with Crippen molar-refractivity contribution in [3.8, 4) is 0 Å². The Bertz CT molecular complexity index is 463. The standard InChI is InChI=1S/C16H24N2O2/c1-11-6-4-7-12(2)18(11)16(20)17-15-9-5-8-14(10-15)13(3)19/h5,8-13,19H,4,6-7H2,1-3H3,(H,17,20)/t11-,12+,13?. The van der Waals surface area contributed by atoms with Gasteiger partial charge in [-0.2, -0.15) is 0 Å². The Kier molecular flexibility index (Phi) is 4.65. The zero-order valence-electron chi connectivity index (χ0n) is 12.5. The van der Waals surface area contributed by atoms with Gasteiger partial charge in [-0.1, -0.05) is 12.1 Å². The third-order valence-electron chi connectivity index (χ3n) is 4.05. The maximum absolute atomic E-state index is 12.4. The second-order valence-corrected chi connectivity index (χ2v) is 5.77. The van der Waals surface area contributed by atoms with E-state index in [1.165, 1.54) is 6.42 Å². The van der Waals surface area contributed by atoms with Crippen LogP contribution in [0, 0.1) is 0 Å². The van der Waals surface area contributed by atoms with Crippen LogP contribution < -0.4 is 5.32 Å². The van der Waals surface area contributed by atoms with E-state index < -0.39 is 6.10 Å². The van der Waals surface area contributed by atoms with Crippen molar-refractivity contribution in [1.29, 1.82) is 0 Å². The molecule has 1 aliphatic heterocycles. The molecule has 4 nitrogen and oxygen atoms in total. The van der Waals surface area contributed by atoms with Crippen molar-refractivity contribution in [2.45, 2.75) is 58.2 Å². The van der Waals surface area contributed by atoms with Crippen LogP contribution in [0.3, 0.4) is 0 Å². The molecule has 3 atom stereocenters. The Hall–Kier alpha value is -1.55. The number of hydrogen-bond acceptors (Lipinski definition) is 2. The lowest BCUT2D eigenvalue weighted by Crippen LogP contribution is -2.49. The molecule has 20 heavy (non-hydrogen) atoms. The van der Waals surface area contributed by atoms with Gasteiger partial charge in [0, 0.05) is 17.8 Å². The van der Waals surface area contributed by atoms with Gasteiger partial charge < -0.3 is 15.3 Å². The van der Waals surface area contributed by atoms with Gasteiger partial charge in [-0.15, -0.1) is 0 Å². The maximum Gasteiger partial charge on any atom is 0.322 e. The van der Waals surface area contributed by atoms with Crippen molar-refractivity contribution < 1.29 is 9.90 Å². The molecule has 1 aromatic carbocycles. The number of carbonyl (C=O) groups is 1. The van der Waals surface area contributed by atoms with Crippen molar-refractivity contribution in [2.24, 2.45) is 0 Å². The topological polar surface area (TPSA) is 52.6 Å². The van der Waals surface area contributed by atoms with Gasteiger partial charge in [0.05, 0.1) is 6.10 Å². The molecule has 0 saturated carbocycles. The predicted octanol–water partition coefficient (Wildman–Crippen LogP) is 3.53. The van der Waals surface area contributed by atoms with Crippen molar-refractivity contribution in [1.82, 2.24) is 4.90 Å². The van der Waals surface area contributed by atoms with Crippen LogP contribution >= 0.6 is 0 Å². The minimum absolute atomic E-state index is 0.0487. The van der Waals surface area contributed by atoms with Crippen molar-refractivity contribution >= 4 is 11.7 Å². The van der Waals surface area contributed by atoms with E-state index in [9.17, 15) is 9.90 Å². The molecule has 1 saturated heterocycles. The second kappa shape index (κ2) is 6.27. The van der Waals surface area contributed by atoms with Gasteiger partial charge in [-0.3, -0.25) is 0 Å². The molecule has 0 bridgehead atoms. The van der Waals surface area contributed by atoms with E-state index in [2.05, 4.69) is 19.2 Å². The quantitative estimate of drug-likeness (QED) is 0.868. The fourth-order valence-electron chi connectivity index (χ4n) is 2.89. The van der Waals surface area contributed by atoms with Crippen LogP contribution in [0.5, 0.6) is 0 Å². The highest BCUT2D eigenvalue weighted by Gasteiger charge is 2.28. The monoisotopic (exact) mass is 276 g/mol. The molecular formula is C16H24N2O2. The Labute approximate surface area is 120 Å². The minimum Gasteiger partial charge on any atom is -0.389 e. The number of piperidine rings is 1. The van der Waals surface area contributed by atoms with Crippen LogP contribution in [0.4, 0.5) is 10.5 Å². The first kappa shape index (κ1) is 14.9. The smallest absolute Gasteiger partial charge is 0.322 e. The Balaban J connectivity index is 2.09. The van der Waals surface area contributed by atoms with Gasteiger partial charge >= 0.3 is 6.03 Å². The molecule has 1 aliphatic rings. The van der Waals surface area contributed by atoms with Gasteiger partial charge in [0.1, 0.15) is 0 Å². The van der Waals surface area contributed by atoms with Crippen molar-refractivity contribution in [3.63, 3.8) is 0 Å². The SMILES string of the molecule is CC(O)c1cccc(NC(=O)N2[C@H](C)CCC[C@@H]2C)c1. The largest absolute Gasteiger partial charge is 0.389 e. The average molecular weight is 276 g/mol. The molecule has 2 amide bonds. The number of urea groups is 1. The predicted molar refractivity (Wildman–Crippen MR) is 80.7 cm³/mol. The summed E-state index contributed by atoms with van der Waals surface area (Å²) in [6, 6.07) is 7.88. The van der Waals surface area contributed by atoms with Crippen LogP contribution in [0.1, 0.15) is 51.7 Å². The number of likely N-dealkylation sites (tertiary alicyclic amines) is 1. The molecule has 1 heterocycles. The Morgan fingerprint density at radius 2 is 2.00 bits per heavy atom. The normalized spacial score (nSPS) is 24.3. The number of nitrogens with one attached hydrogen (secondary N) is 1. The van der Waals surface area contributed by atoms with Gasteiger partial charge in [-0.25, -0.2) is 4.79 Å². The number of rotatable bonds is 2. The zero-order chi connectivity index (χ0) is 14.7. The summed E-state index contributed by atoms with van der Waals surface area (Å²) in [5, 5.41) is 12.5. The van der Waals surface area contributed by atoms with Crippen LogP contribution in [0.25, 0.3) is 0 Å². The van der Waals surface area contributed by atoms with Crippen molar-refractivity contribution in [2.75, 3.05) is 5.32 Å². The maximum atomic E-state index is 12.4. The lowest BCUT2D eigenvalue weighted by Gasteiger charge is -2.38. The first-order valence-electron chi connectivity index (χ1n) is 7.36. The number of anilines is 1. The Morgan fingerprint density at radius 3 is 2.60 bits per heavy atom. The second-order valence-electron chi connectivity index (χ2n) is 5.77. The molecule has 0 aromatic heterocycles. The van der Waals surface area contributed by atoms with E-state index in [1.807, 2.05) is 29.2 Å². The van der Waals surface area contributed by atoms with Crippen LogP contribution in [-0.4, -0.2) is 28.1 Å². The van der Waals surface area contributed by atoms with Crippen LogP contribution in [-0.2, 0) is 0 Å². The molecule has 0 radical (unpaired) electrons. The van der Waals surface area contributed by atoms with E-state index in [0.717, 1.165) is 24.1 Å². The highest BCUT2D eigenvalue weighted by Crippen LogP contribution is 2.24. The van der Waals surface area contributed by atoms with Gasteiger partial charge in [0.15, 0.2) is 0 Å². The molecule has 0 aliphatic carbocycles. The fourth-order valence-corrected chi connectivity index (χ4v) is 2.89. The minimum atomic E-state index is -0.528. The first-order chi connectivity index (χ1) is 9.49. The van der Waals surface area contributed by atoms with E-state index in [1.54, 1.807) is 6.92 Å². The Morgan fingerprint density at radius 1 is 1.35 bits per heavy atom. The number of benzene rings is 1. The highest BCUT2D eigenvalue weighted by atomic mass is 16.3. The van der Waals surface area contributed by atoms with E-state index >= 15 is 0 Å². The molecule has 2 N–H and O–H groups in total. The number of carbonyl (C=O) groups excluding carboxylic acids is 1. The molecule has 1 fully saturated rings.